The SMILES string of the molecule is Cc1cccc(C(O)CNc2ncnc3c2cnn3-c2ccncc2)c1. The lowest BCUT2D eigenvalue weighted by molar-refractivity contribution is 0.191. The summed E-state index contributed by atoms with van der Waals surface area (Å²) in [6.45, 7) is 2.35. The predicted molar refractivity (Wildman–Crippen MR) is 99.1 cm³/mol. The van der Waals surface area contributed by atoms with Gasteiger partial charge in [0.05, 0.1) is 23.4 Å². The van der Waals surface area contributed by atoms with E-state index in [-0.39, 0.29) is 0 Å². The number of fused-ring (bicyclic) bond motifs is 1. The third kappa shape index (κ3) is 3.12. The summed E-state index contributed by atoms with van der Waals surface area (Å²) in [6.07, 6.45) is 6.00. The molecule has 7 nitrogen and oxygen atoms in total. The first-order valence-corrected chi connectivity index (χ1v) is 8.30. The number of nitrogens with one attached hydrogen (secondary N) is 1. The molecule has 4 aromatic rings. The summed E-state index contributed by atoms with van der Waals surface area (Å²) in [5.74, 6) is 0.641. The lowest BCUT2D eigenvalue weighted by Gasteiger charge is -2.13. The Kier molecular flexibility index (Phi) is 4.28. The highest BCUT2D eigenvalue weighted by molar-refractivity contribution is 5.87. The van der Waals surface area contributed by atoms with E-state index in [4.69, 9.17) is 0 Å². The van der Waals surface area contributed by atoms with Crippen molar-refractivity contribution in [3.05, 3.63) is 72.4 Å². The van der Waals surface area contributed by atoms with Gasteiger partial charge in [-0.15, -0.1) is 0 Å². The molecule has 0 aliphatic heterocycles. The quantitative estimate of drug-likeness (QED) is 0.577. The Labute approximate surface area is 150 Å². The summed E-state index contributed by atoms with van der Waals surface area (Å²) in [4.78, 5) is 12.7. The number of benzene rings is 1. The van der Waals surface area contributed by atoms with Gasteiger partial charge in [0.25, 0.3) is 0 Å². The molecule has 0 saturated carbocycles. The number of hydrogen-bond acceptors (Lipinski definition) is 6. The van der Waals surface area contributed by atoms with E-state index in [1.807, 2.05) is 43.3 Å². The minimum atomic E-state index is -0.629. The van der Waals surface area contributed by atoms with Crippen LogP contribution in [0.15, 0.2) is 61.3 Å². The zero-order valence-electron chi connectivity index (χ0n) is 14.2. The highest BCUT2D eigenvalue weighted by Gasteiger charge is 2.13. The second-order valence-corrected chi connectivity index (χ2v) is 6.03. The molecule has 2 N–H and O–H groups in total. The largest absolute Gasteiger partial charge is 0.387 e. The second-order valence-electron chi connectivity index (χ2n) is 6.03. The van der Waals surface area contributed by atoms with Crippen LogP contribution >= 0.6 is 0 Å². The Morgan fingerprint density at radius 2 is 2.00 bits per heavy atom. The van der Waals surface area contributed by atoms with E-state index < -0.39 is 6.10 Å². The second kappa shape index (κ2) is 6.89. The Morgan fingerprint density at radius 1 is 1.15 bits per heavy atom. The first-order valence-electron chi connectivity index (χ1n) is 8.30. The van der Waals surface area contributed by atoms with Gasteiger partial charge in [0.15, 0.2) is 5.65 Å². The molecule has 0 spiro atoms. The fraction of sp³-hybridized carbons (Fsp3) is 0.158. The molecule has 3 aromatic heterocycles. The van der Waals surface area contributed by atoms with Crippen molar-refractivity contribution in [1.29, 1.82) is 0 Å². The van der Waals surface area contributed by atoms with Crippen LogP contribution in [0, 0.1) is 6.92 Å². The molecule has 7 heteroatoms. The van der Waals surface area contributed by atoms with Gasteiger partial charge in [0.1, 0.15) is 12.1 Å². The predicted octanol–water partition coefficient (Wildman–Crippen LogP) is 2.66. The summed E-state index contributed by atoms with van der Waals surface area (Å²) in [7, 11) is 0. The molecule has 26 heavy (non-hydrogen) atoms. The van der Waals surface area contributed by atoms with E-state index in [0.717, 1.165) is 22.2 Å². The van der Waals surface area contributed by atoms with Crippen LogP contribution in [0.2, 0.25) is 0 Å². The minimum absolute atomic E-state index is 0.343. The summed E-state index contributed by atoms with van der Waals surface area (Å²) in [5, 5.41) is 18.8. The third-order valence-electron chi connectivity index (χ3n) is 4.16. The van der Waals surface area contributed by atoms with E-state index in [2.05, 4.69) is 25.4 Å². The van der Waals surface area contributed by atoms with Gasteiger partial charge < -0.3 is 10.4 Å². The number of anilines is 1. The molecule has 0 saturated heterocycles. The summed E-state index contributed by atoms with van der Waals surface area (Å²) in [5.41, 5.74) is 3.55. The van der Waals surface area contributed by atoms with Crippen molar-refractivity contribution >= 4 is 16.9 Å². The maximum atomic E-state index is 10.4. The van der Waals surface area contributed by atoms with Crippen molar-refractivity contribution in [2.24, 2.45) is 0 Å². The van der Waals surface area contributed by atoms with Crippen molar-refractivity contribution in [2.75, 3.05) is 11.9 Å². The Balaban J connectivity index is 1.59. The highest BCUT2D eigenvalue weighted by atomic mass is 16.3. The van der Waals surface area contributed by atoms with Crippen LogP contribution in [0.3, 0.4) is 0 Å². The highest BCUT2D eigenvalue weighted by Crippen LogP contribution is 2.22. The summed E-state index contributed by atoms with van der Waals surface area (Å²) < 4.78 is 1.74. The molecule has 0 aliphatic carbocycles. The Hall–Kier alpha value is -3.32. The van der Waals surface area contributed by atoms with E-state index in [9.17, 15) is 5.11 Å². The zero-order valence-corrected chi connectivity index (χ0v) is 14.2. The number of aliphatic hydroxyl groups is 1. The molecule has 1 atom stereocenters. The smallest absolute Gasteiger partial charge is 0.168 e. The van der Waals surface area contributed by atoms with Crippen molar-refractivity contribution in [2.45, 2.75) is 13.0 Å². The van der Waals surface area contributed by atoms with Gasteiger partial charge in [0, 0.05) is 18.9 Å². The fourth-order valence-corrected chi connectivity index (χ4v) is 2.85. The standard InChI is InChI=1S/C19H18N6O/c1-13-3-2-4-14(9-13)17(26)11-21-18-16-10-24-25(19(16)23-12-22-18)15-5-7-20-8-6-15/h2-10,12,17,26H,11H2,1H3,(H,21,22,23). The lowest BCUT2D eigenvalue weighted by atomic mass is 10.1. The van der Waals surface area contributed by atoms with E-state index in [0.29, 0.717) is 18.0 Å². The molecule has 0 amide bonds. The summed E-state index contributed by atoms with van der Waals surface area (Å²) >= 11 is 0. The van der Waals surface area contributed by atoms with Crippen LogP contribution in [0.5, 0.6) is 0 Å². The van der Waals surface area contributed by atoms with Gasteiger partial charge in [-0.25, -0.2) is 14.6 Å². The molecule has 0 fully saturated rings. The molecule has 1 unspecified atom stereocenters. The zero-order chi connectivity index (χ0) is 17.9. The Bertz CT molecular complexity index is 1030. The number of aryl methyl sites for hydroxylation is 1. The molecule has 1 aromatic carbocycles. The van der Waals surface area contributed by atoms with Gasteiger partial charge >= 0.3 is 0 Å². The monoisotopic (exact) mass is 346 g/mol. The average Bonchev–Trinajstić information content (AvgIpc) is 3.11. The molecule has 0 radical (unpaired) electrons. The van der Waals surface area contributed by atoms with Crippen molar-refractivity contribution in [3.63, 3.8) is 0 Å². The average molecular weight is 346 g/mol. The van der Waals surface area contributed by atoms with Crippen LogP contribution in [0.25, 0.3) is 16.7 Å². The molecule has 4 rings (SSSR count). The van der Waals surface area contributed by atoms with Crippen LogP contribution in [-0.4, -0.2) is 36.4 Å². The van der Waals surface area contributed by atoms with E-state index in [1.165, 1.54) is 6.33 Å². The number of hydrogen-bond donors (Lipinski definition) is 2. The van der Waals surface area contributed by atoms with E-state index in [1.54, 1.807) is 23.3 Å². The van der Waals surface area contributed by atoms with Gasteiger partial charge in [-0.3, -0.25) is 4.98 Å². The topological polar surface area (TPSA) is 88.8 Å². The first-order chi connectivity index (χ1) is 12.7. The van der Waals surface area contributed by atoms with Crippen LogP contribution in [0.4, 0.5) is 5.82 Å². The maximum absolute atomic E-state index is 10.4. The fourth-order valence-electron chi connectivity index (χ4n) is 2.85. The van der Waals surface area contributed by atoms with Crippen molar-refractivity contribution < 1.29 is 5.11 Å². The van der Waals surface area contributed by atoms with Crippen molar-refractivity contribution in [1.82, 2.24) is 24.7 Å². The molecule has 0 bridgehead atoms. The maximum Gasteiger partial charge on any atom is 0.168 e. The molecule has 0 aliphatic rings. The lowest BCUT2D eigenvalue weighted by Crippen LogP contribution is -2.13. The number of nitrogens with zero attached hydrogens (tertiary/aromatic N) is 5. The van der Waals surface area contributed by atoms with Gasteiger partial charge in [-0.2, -0.15) is 5.10 Å². The minimum Gasteiger partial charge on any atom is -0.387 e. The normalized spacial score (nSPS) is 12.2. The molecular formula is C19H18N6O. The van der Waals surface area contributed by atoms with Crippen LogP contribution in [-0.2, 0) is 0 Å². The third-order valence-corrected chi connectivity index (χ3v) is 4.16. The number of rotatable bonds is 5. The molecular weight excluding hydrogens is 328 g/mol. The van der Waals surface area contributed by atoms with Gasteiger partial charge in [0.2, 0.25) is 0 Å². The van der Waals surface area contributed by atoms with Gasteiger partial charge in [-0.05, 0) is 24.6 Å². The van der Waals surface area contributed by atoms with Crippen LogP contribution < -0.4 is 5.32 Å². The molecule has 3 heterocycles. The number of pyridine rings is 1. The molecule has 130 valence electrons. The van der Waals surface area contributed by atoms with Crippen LogP contribution in [0.1, 0.15) is 17.2 Å². The first kappa shape index (κ1) is 16.2. The summed E-state index contributed by atoms with van der Waals surface area (Å²) in [6, 6.07) is 11.6. The number of aromatic nitrogens is 5. The Morgan fingerprint density at radius 3 is 2.81 bits per heavy atom. The van der Waals surface area contributed by atoms with E-state index >= 15 is 0 Å². The van der Waals surface area contributed by atoms with Crippen molar-refractivity contribution in [3.8, 4) is 5.69 Å². The number of aliphatic hydroxyl groups excluding tert-OH is 1. The van der Waals surface area contributed by atoms with Gasteiger partial charge in [-0.1, -0.05) is 29.8 Å².